The summed E-state index contributed by atoms with van der Waals surface area (Å²) in [5.74, 6) is 0.719. The van der Waals surface area contributed by atoms with Gasteiger partial charge in [0.2, 0.25) is 5.95 Å². The lowest BCUT2D eigenvalue weighted by molar-refractivity contribution is 0.0723. The van der Waals surface area contributed by atoms with E-state index < -0.39 is 0 Å². The van der Waals surface area contributed by atoms with E-state index >= 15 is 0 Å². The van der Waals surface area contributed by atoms with E-state index in [-0.39, 0.29) is 5.91 Å². The summed E-state index contributed by atoms with van der Waals surface area (Å²) in [4.78, 5) is 22.9. The predicted molar refractivity (Wildman–Crippen MR) is 82.3 cm³/mol. The molecule has 3 rings (SSSR count). The molecule has 0 spiro atoms. The topological polar surface area (TPSA) is 58.1 Å². The van der Waals surface area contributed by atoms with Crippen LogP contribution in [0.2, 0.25) is 0 Å². The van der Waals surface area contributed by atoms with Gasteiger partial charge in [0.05, 0.1) is 5.56 Å². The third-order valence-corrected chi connectivity index (χ3v) is 4.48. The van der Waals surface area contributed by atoms with Gasteiger partial charge < -0.3 is 10.2 Å². The third-order valence-electron chi connectivity index (χ3n) is 4.48. The number of piperidine rings is 1. The Morgan fingerprint density at radius 2 is 1.62 bits per heavy atom. The van der Waals surface area contributed by atoms with Gasteiger partial charge in [0.25, 0.3) is 5.91 Å². The molecule has 1 aliphatic heterocycles. The van der Waals surface area contributed by atoms with Crippen molar-refractivity contribution in [1.82, 2.24) is 14.9 Å². The standard InChI is InChI=1S/C16H24N4O/c21-15(20-9-5-2-6-10-20)13-11-17-16(18-12-13)19-14-7-3-1-4-8-14/h11-12,14H,1-10H2,(H,17,18,19). The van der Waals surface area contributed by atoms with Crippen LogP contribution in [-0.4, -0.2) is 39.9 Å². The van der Waals surface area contributed by atoms with Gasteiger partial charge in [0, 0.05) is 31.5 Å². The van der Waals surface area contributed by atoms with Crippen molar-refractivity contribution in [1.29, 1.82) is 0 Å². The molecule has 1 aromatic rings. The Kier molecular flexibility index (Phi) is 4.68. The van der Waals surface area contributed by atoms with E-state index in [2.05, 4.69) is 15.3 Å². The molecule has 21 heavy (non-hydrogen) atoms. The number of carbonyl (C=O) groups excluding carboxylic acids is 1. The second kappa shape index (κ2) is 6.87. The quantitative estimate of drug-likeness (QED) is 0.929. The van der Waals surface area contributed by atoms with Gasteiger partial charge in [-0.05, 0) is 32.1 Å². The van der Waals surface area contributed by atoms with Gasteiger partial charge in [-0.15, -0.1) is 0 Å². The Bertz CT molecular complexity index is 462. The molecule has 5 heteroatoms. The van der Waals surface area contributed by atoms with E-state index in [0.717, 1.165) is 25.9 Å². The van der Waals surface area contributed by atoms with Crippen LogP contribution in [0.4, 0.5) is 5.95 Å². The molecule has 0 aromatic carbocycles. The van der Waals surface area contributed by atoms with Crippen molar-refractivity contribution in [2.45, 2.75) is 57.4 Å². The summed E-state index contributed by atoms with van der Waals surface area (Å²) in [6.45, 7) is 1.72. The monoisotopic (exact) mass is 288 g/mol. The maximum Gasteiger partial charge on any atom is 0.256 e. The number of carbonyl (C=O) groups is 1. The minimum absolute atomic E-state index is 0.0684. The highest BCUT2D eigenvalue weighted by Crippen LogP contribution is 2.20. The fourth-order valence-electron chi connectivity index (χ4n) is 3.22. The molecule has 1 amide bonds. The molecular weight excluding hydrogens is 264 g/mol. The smallest absolute Gasteiger partial charge is 0.256 e. The van der Waals surface area contributed by atoms with Gasteiger partial charge in [0.1, 0.15) is 0 Å². The summed E-state index contributed by atoms with van der Waals surface area (Å²) >= 11 is 0. The molecule has 1 aliphatic carbocycles. The highest BCUT2D eigenvalue weighted by atomic mass is 16.2. The van der Waals surface area contributed by atoms with E-state index in [0.29, 0.717) is 17.6 Å². The SMILES string of the molecule is O=C(c1cnc(NC2CCCCC2)nc1)N1CCCCC1. The Balaban J connectivity index is 1.59. The molecule has 1 saturated carbocycles. The molecule has 2 fully saturated rings. The number of aromatic nitrogens is 2. The largest absolute Gasteiger partial charge is 0.351 e. The molecule has 1 saturated heterocycles. The Morgan fingerprint density at radius 3 is 2.29 bits per heavy atom. The molecule has 114 valence electrons. The molecule has 2 aliphatic rings. The van der Waals surface area contributed by atoms with Gasteiger partial charge >= 0.3 is 0 Å². The summed E-state index contributed by atoms with van der Waals surface area (Å²) in [6.07, 6.45) is 13.0. The van der Waals surface area contributed by atoms with E-state index in [1.165, 1.54) is 38.5 Å². The first-order chi connectivity index (χ1) is 10.3. The number of likely N-dealkylation sites (tertiary alicyclic amines) is 1. The lowest BCUT2D eigenvalue weighted by Crippen LogP contribution is -2.35. The Labute approximate surface area is 126 Å². The number of anilines is 1. The van der Waals surface area contributed by atoms with Crippen LogP contribution in [0.25, 0.3) is 0 Å². The average molecular weight is 288 g/mol. The molecule has 0 radical (unpaired) electrons. The predicted octanol–water partition coefficient (Wildman–Crippen LogP) is 2.85. The van der Waals surface area contributed by atoms with Crippen molar-refractivity contribution < 1.29 is 4.79 Å². The minimum atomic E-state index is 0.0684. The highest BCUT2D eigenvalue weighted by Gasteiger charge is 2.19. The number of hydrogen-bond acceptors (Lipinski definition) is 4. The Hall–Kier alpha value is -1.65. The number of rotatable bonds is 3. The first kappa shape index (κ1) is 14.3. The fraction of sp³-hybridized carbons (Fsp3) is 0.688. The zero-order valence-corrected chi connectivity index (χ0v) is 12.6. The highest BCUT2D eigenvalue weighted by molar-refractivity contribution is 5.93. The van der Waals surface area contributed by atoms with E-state index in [1.54, 1.807) is 12.4 Å². The lowest BCUT2D eigenvalue weighted by Gasteiger charge is -2.26. The van der Waals surface area contributed by atoms with Crippen molar-refractivity contribution in [3.63, 3.8) is 0 Å². The van der Waals surface area contributed by atoms with Crippen LogP contribution in [0.15, 0.2) is 12.4 Å². The normalized spacial score (nSPS) is 20.3. The number of nitrogens with zero attached hydrogens (tertiary/aromatic N) is 3. The maximum atomic E-state index is 12.3. The zero-order valence-electron chi connectivity index (χ0n) is 12.6. The van der Waals surface area contributed by atoms with E-state index in [1.807, 2.05) is 4.90 Å². The van der Waals surface area contributed by atoms with Crippen LogP contribution < -0.4 is 5.32 Å². The summed E-state index contributed by atoms with van der Waals surface area (Å²) in [5.41, 5.74) is 0.603. The van der Waals surface area contributed by atoms with Gasteiger partial charge in [-0.3, -0.25) is 4.79 Å². The lowest BCUT2D eigenvalue weighted by atomic mass is 9.96. The first-order valence-electron chi connectivity index (χ1n) is 8.21. The van der Waals surface area contributed by atoms with Gasteiger partial charge in [-0.2, -0.15) is 0 Å². The van der Waals surface area contributed by atoms with Crippen molar-refractivity contribution in [2.24, 2.45) is 0 Å². The van der Waals surface area contributed by atoms with Crippen LogP contribution in [0.1, 0.15) is 61.7 Å². The molecule has 5 nitrogen and oxygen atoms in total. The number of nitrogens with one attached hydrogen (secondary N) is 1. The van der Waals surface area contributed by atoms with Crippen LogP contribution in [0.5, 0.6) is 0 Å². The second-order valence-electron chi connectivity index (χ2n) is 6.13. The van der Waals surface area contributed by atoms with Crippen molar-refractivity contribution >= 4 is 11.9 Å². The molecular formula is C16H24N4O. The Morgan fingerprint density at radius 1 is 1.00 bits per heavy atom. The van der Waals surface area contributed by atoms with Gasteiger partial charge in [-0.25, -0.2) is 9.97 Å². The number of amides is 1. The van der Waals surface area contributed by atoms with Crippen molar-refractivity contribution in [3.8, 4) is 0 Å². The molecule has 0 bridgehead atoms. The number of hydrogen-bond donors (Lipinski definition) is 1. The van der Waals surface area contributed by atoms with Crippen LogP contribution in [0.3, 0.4) is 0 Å². The summed E-state index contributed by atoms with van der Waals surface area (Å²) in [6, 6.07) is 0.488. The molecule has 2 heterocycles. The van der Waals surface area contributed by atoms with Crippen LogP contribution >= 0.6 is 0 Å². The molecule has 1 aromatic heterocycles. The second-order valence-corrected chi connectivity index (χ2v) is 6.13. The summed E-state index contributed by atoms with van der Waals surface area (Å²) in [5, 5.41) is 3.38. The fourth-order valence-corrected chi connectivity index (χ4v) is 3.22. The van der Waals surface area contributed by atoms with Gasteiger partial charge in [-0.1, -0.05) is 19.3 Å². The summed E-state index contributed by atoms with van der Waals surface area (Å²) < 4.78 is 0. The van der Waals surface area contributed by atoms with Crippen molar-refractivity contribution in [3.05, 3.63) is 18.0 Å². The van der Waals surface area contributed by atoms with Gasteiger partial charge in [0.15, 0.2) is 0 Å². The van der Waals surface area contributed by atoms with E-state index in [4.69, 9.17) is 0 Å². The van der Waals surface area contributed by atoms with Crippen LogP contribution in [0, 0.1) is 0 Å². The molecule has 0 unspecified atom stereocenters. The average Bonchev–Trinajstić information content (AvgIpc) is 2.57. The van der Waals surface area contributed by atoms with Crippen LogP contribution in [-0.2, 0) is 0 Å². The minimum Gasteiger partial charge on any atom is -0.351 e. The van der Waals surface area contributed by atoms with E-state index in [9.17, 15) is 4.79 Å². The van der Waals surface area contributed by atoms with Crippen molar-refractivity contribution in [2.75, 3.05) is 18.4 Å². The summed E-state index contributed by atoms with van der Waals surface area (Å²) in [7, 11) is 0. The zero-order chi connectivity index (χ0) is 14.5. The molecule has 1 N–H and O–H groups in total. The third kappa shape index (κ3) is 3.71. The first-order valence-corrected chi connectivity index (χ1v) is 8.21. The molecule has 0 atom stereocenters. The maximum absolute atomic E-state index is 12.3.